The molecule has 2 aromatic carbocycles. The molecule has 43 heavy (non-hydrogen) atoms. The number of nitrogens with zero attached hydrogens (tertiary/aromatic N) is 5. The van der Waals surface area contributed by atoms with Gasteiger partial charge in [-0.2, -0.15) is 18.4 Å². The summed E-state index contributed by atoms with van der Waals surface area (Å²) in [5.41, 5.74) is 5.68. The highest BCUT2D eigenvalue weighted by Crippen LogP contribution is 2.47. The predicted molar refractivity (Wildman–Crippen MR) is 155 cm³/mol. The van der Waals surface area contributed by atoms with E-state index in [4.69, 9.17) is 17.3 Å². The molecule has 0 spiro atoms. The Hall–Kier alpha value is -4.57. The van der Waals surface area contributed by atoms with Gasteiger partial charge in [0.2, 0.25) is 0 Å². The number of alkyl halides is 3. The summed E-state index contributed by atoms with van der Waals surface area (Å²) in [7, 11) is 1.37. The molecule has 2 aliphatic rings. The van der Waals surface area contributed by atoms with Gasteiger partial charge in [0, 0.05) is 42.6 Å². The average Bonchev–Trinajstić information content (AvgIpc) is 3.78. The zero-order valence-corrected chi connectivity index (χ0v) is 23.8. The van der Waals surface area contributed by atoms with Crippen molar-refractivity contribution in [2.75, 3.05) is 35.3 Å². The molecule has 2 fully saturated rings. The molecule has 5 rings (SSSR count). The maximum atomic E-state index is 13.2. The van der Waals surface area contributed by atoms with Crippen LogP contribution >= 0.6 is 11.6 Å². The van der Waals surface area contributed by atoms with Gasteiger partial charge in [0.05, 0.1) is 23.2 Å². The number of nitriles is 1. The third kappa shape index (κ3) is 6.59. The van der Waals surface area contributed by atoms with Crippen LogP contribution in [0.15, 0.2) is 48.7 Å². The molecule has 1 unspecified atom stereocenters. The number of anilines is 4. The highest BCUT2D eigenvalue weighted by Gasteiger charge is 2.44. The summed E-state index contributed by atoms with van der Waals surface area (Å²) >= 11 is 5.89. The van der Waals surface area contributed by atoms with Crippen molar-refractivity contribution in [2.45, 2.75) is 43.3 Å². The number of benzene rings is 2. The molecule has 4 N–H and O–H groups in total. The van der Waals surface area contributed by atoms with E-state index in [1.807, 2.05) is 17.0 Å². The number of hydrogen-bond donors (Lipinski definition) is 3. The van der Waals surface area contributed by atoms with E-state index in [1.54, 1.807) is 12.1 Å². The van der Waals surface area contributed by atoms with Gasteiger partial charge < -0.3 is 21.3 Å². The standard InChI is InChI=1S/C29H28ClF3N8O2/c1-40(22-12-18(29(31,32)33)11-19(30)13-22)27(43)38-21-3-2-10-41(15-21)23-14-36-24(25(35)42)26(39-23)37-20-6-4-17(5-7-20)28(16-34)8-9-28/h4-7,11-14,21H,2-3,8-10,15H2,1H3,(H2,35,42)(H,37,39)(H,38,43). The lowest BCUT2D eigenvalue weighted by atomic mass is 9.98. The number of rotatable bonds is 7. The third-order valence-electron chi connectivity index (χ3n) is 7.63. The van der Waals surface area contributed by atoms with Crippen molar-refractivity contribution in [3.63, 3.8) is 0 Å². The molecule has 1 aromatic heterocycles. The lowest BCUT2D eigenvalue weighted by molar-refractivity contribution is -0.137. The highest BCUT2D eigenvalue weighted by atomic mass is 35.5. The molecule has 1 saturated heterocycles. The Labute approximate surface area is 250 Å². The summed E-state index contributed by atoms with van der Waals surface area (Å²) in [5.74, 6) is -0.157. The summed E-state index contributed by atoms with van der Waals surface area (Å²) in [4.78, 5) is 36.9. The number of carbonyl (C=O) groups excluding carboxylic acids is 2. The van der Waals surface area contributed by atoms with Crippen LogP contribution in [-0.2, 0) is 11.6 Å². The van der Waals surface area contributed by atoms with Crippen molar-refractivity contribution in [1.29, 1.82) is 5.26 Å². The van der Waals surface area contributed by atoms with Crippen LogP contribution in [0.2, 0.25) is 5.02 Å². The van der Waals surface area contributed by atoms with E-state index in [1.165, 1.54) is 19.3 Å². The molecule has 3 amide bonds. The molecule has 2 heterocycles. The van der Waals surface area contributed by atoms with Crippen LogP contribution in [0.1, 0.15) is 47.3 Å². The second kappa shape index (κ2) is 11.6. The molecular formula is C29H28ClF3N8O2. The van der Waals surface area contributed by atoms with Crippen molar-refractivity contribution < 1.29 is 22.8 Å². The molecule has 1 aliphatic heterocycles. The van der Waals surface area contributed by atoms with Crippen molar-refractivity contribution >= 4 is 46.5 Å². The van der Waals surface area contributed by atoms with Crippen LogP contribution in [0, 0.1) is 11.3 Å². The first-order valence-corrected chi connectivity index (χ1v) is 13.9. The van der Waals surface area contributed by atoms with Crippen molar-refractivity contribution in [3.05, 3.63) is 70.5 Å². The SMILES string of the molecule is CN(C(=O)NC1CCCN(c2cnc(C(N)=O)c(Nc3ccc(C4(C#N)CC4)cc3)n2)C1)c1cc(Cl)cc(C(F)(F)F)c1. The fourth-order valence-corrected chi connectivity index (χ4v) is 5.25. The van der Waals surface area contributed by atoms with E-state index in [2.05, 4.69) is 26.7 Å². The topological polar surface area (TPSA) is 140 Å². The molecular weight excluding hydrogens is 585 g/mol. The van der Waals surface area contributed by atoms with Gasteiger partial charge in [0.1, 0.15) is 5.82 Å². The second-order valence-corrected chi connectivity index (χ2v) is 11.1. The summed E-state index contributed by atoms with van der Waals surface area (Å²) in [6.07, 6.45) is -0.216. The first-order chi connectivity index (χ1) is 20.4. The van der Waals surface area contributed by atoms with Crippen molar-refractivity contribution in [3.8, 4) is 6.07 Å². The van der Waals surface area contributed by atoms with Crippen molar-refractivity contribution in [2.24, 2.45) is 5.73 Å². The van der Waals surface area contributed by atoms with Gasteiger partial charge >= 0.3 is 12.2 Å². The quantitative estimate of drug-likeness (QED) is 0.326. The highest BCUT2D eigenvalue weighted by molar-refractivity contribution is 6.31. The summed E-state index contributed by atoms with van der Waals surface area (Å²) in [6, 6.07) is 11.7. The van der Waals surface area contributed by atoms with E-state index >= 15 is 0 Å². The normalized spacial score (nSPS) is 17.5. The molecule has 10 nitrogen and oxygen atoms in total. The number of halogens is 4. The van der Waals surface area contributed by atoms with Gasteiger partial charge in [-0.15, -0.1) is 0 Å². The third-order valence-corrected chi connectivity index (χ3v) is 7.85. The molecule has 14 heteroatoms. The minimum Gasteiger partial charge on any atom is -0.364 e. The second-order valence-electron chi connectivity index (χ2n) is 10.7. The Kier molecular flexibility index (Phi) is 8.07. The van der Waals surface area contributed by atoms with E-state index in [0.717, 1.165) is 35.4 Å². The molecule has 1 aliphatic carbocycles. The van der Waals surface area contributed by atoms with Crippen LogP contribution < -0.4 is 26.2 Å². The number of carbonyl (C=O) groups is 2. The zero-order chi connectivity index (χ0) is 30.9. The minimum atomic E-state index is -4.61. The Bertz CT molecular complexity index is 1590. The molecule has 3 aromatic rings. The number of amides is 3. The van der Waals surface area contributed by atoms with Crippen LogP contribution in [0.5, 0.6) is 0 Å². The fourth-order valence-electron chi connectivity index (χ4n) is 5.02. The lowest BCUT2D eigenvalue weighted by Gasteiger charge is -2.34. The van der Waals surface area contributed by atoms with Gasteiger partial charge in [0.15, 0.2) is 11.5 Å². The van der Waals surface area contributed by atoms with Crippen molar-refractivity contribution in [1.82, 2.24) is 15.3 Å². The van der Waals surface area contributed by atoms with Gasteiger partial charge in [-0.1, -0.05) is 23.7 Å². The van der Waals surface area contributed by atoms with Crippen LogP contribution in [0.4, 0.5) is 41.0 Å². The zero-order valence-electron chi connectivity index (χ0n) is 23.1. The lowest BCUT2D eigenvalue weighted by Crippen LogP contribution is -2.51. The summed E-state index contributed by atoms with van der Waals surface area (Å²) in [5, 5.41) is 15.3. The summed E-state index contributed by atoms with van der Waals surface area (Å²) in [6.45, 7) is 0.943. The number of aromatic nitrogens is 2. The van der Waals surface area contributed by atoms with E-state index in [0.29, 0.717) is 37.4 Å². The smallest absolute Gasteiger partial charge is 0.364 e. The molecule has 0 bridgehead atoms. The Morgan fingerprint density at radius 3 is 2.56 bits per heavy atom. The minimum absolute atomic E-state index is 0.00145. The first kappa shape index (κ1) is 29.9. The van der Waals surface area contributed by atoms with Gasteiger partial charge in [-0.05, 0) is 61.6 Å². The van der Waals surface area contributed by atoms with E-state index in [9.17, 15) is 28.0 Å². The number of urea groups is 1. The van der Waals surface area contributed by atoms with Crippen LogP contribution in [-0.4, -0.2) is 48.1 Å². The average molecular weight is 613 g/mol. The maximum absolute atomic E-state index is 13.2. The number of primary amides is 1. The number of nitrogens with one attached hydrogen (secondary N) is 2. The molecule has 1 saturated carbocycles. The number of piperidine rings is 1. The van der Waals surface area contributed by atoms with E-state index in [-0.39, 0.29) is 28.3 Å². The fraction of sp³-hybridized carbons (Fsp3) is 0.345. The predicted octanol–water partition coefficient (Wildman–Crippen LogP) is 5.36. The summed E-state index contributed by atoms with van der Waals surface area (Å²) < 4.78 is 39.7. The molecule has 0 radical (unpaired) electrons. The molecule has 224 valence electrons. The van der Waals surface area contributed by atoms with Crippen LogP contribution in [0.3, 0.4) is 0 Å². The maximum Gasteiger partial charge on any atom is 0.416 e. The Morgan fingerprint density at radius 2 is 1.93 bits per heavy atom. The van der Waals surface area contributed by atoms with E-state index < -0.39 is 29.1 Å². The number of nitrogens with two attached hydrogens (primary N) is 1. The van der Waals surface area contributed by atoms with Gasteiger partial charge in [-0.3, -0.25) is 9.69 Å². The Balaban J connectivity index is 1.29. The first-order valence-electron chi connectivity index (χ1n) is 13.5. The van der Waals surface area contributed by atoms with Gasteiger partial charge in [0.25, 0.3) is 5.91 Å². The monoisotopic (exact) mass is 612 g/mol. The van der Waals surface area contributed by atoms with Crippen LogP contribution in [0.25, 0.3) is 0 Å². The number of hydrogen-bond acceptors (Lipinski definition) is 7. The largest absolute Gasteiger partial charge is 0.416 e. The molecule has 1 atom stereocenters. The van der Waals surface area contributed by atoms with Gasteiger partial charge in [-0.25, -0.2) is 14.8 Å². The Morgan fingerprint density at radius 1 is 1.21 bits per heavy atom.